The highest BCUT2D eigenvalue weighted by Gasteiger charge is 2.32. The van der Waals surface area contributed by atoms with E-state index in [0.717, 1.165) is 16.9 Å². The number of carbonyl (C=O) groups is 1. The highest BCUT2D eigenvalue weighted by molar-refractivity contribution is 7.89. The SMILES string of the molecule is Cc1ccc(C)c(S(=O)(=O)N2CCN(C(=O)c3cc(-c4ccc(C)o4)[nH]n3)CC2)c1. The molecule has 4 rings (SSSR count). The normalized spacial score (nSPS) is 15.5. The van der Waals surface area contributed by atoms with Gasteiger partial charge >= 0.3 is 0 Å². The number of aromatic nitrogens is 2. The predicted octanol–water partition coefficient (Wildman–Crippen LogP) is 2.74. The molecule has 0 unspecified atom stereocenters. The molecule has 30 heavy (non-hydrogen) atoms. The summed E-state index contributed by atoms with van der Waals surface area (Å²) in [5, 5.41) is 6.93. The van der Waals surface area contributed by atoms with Crippen LogP contribution in [-0.4, -0.2) is 59.9 Å². The lowest BCUT2D eigenvalue weighted by Crippen LogP contribution is -2.50. The smallest absolute Gasteiger partial charge is 0.274 e. The average Bonchev–Trinajstić information content (AvgIpc) is 3.38. The molecular formula is C21H24N4O4S. The molecule has 0 bridgehead atoms. The summed E-state index contributed by atoms with van der Waals surface area (Å²) in [7, 11) is -3.60. The summed E-state index contributed by atoms with van der Waals surface area (Å²) in [5.74, 6) is 1.15. The van der Waals surface area contributed by atoms with Crippen molar-refractivity contribution in [2.45, 2.75) is 25.7 Å². The molecule has 1 amide bonds. The molecule has 9 heteroatoms. The van der Waals surface area contributed by atoms with Gasteiger partial charge in [-0.15, -0.1) is 0 Å². The number of amides is 1. The van der Waals surface area contributed by atoms with Crippen molar-refractivity contribution in [1.82, 2.24) is 19.4 Å². The van der Waals surface area contributed by atoms with E-state index in [0.29, 0.717) is 29.4 Å². The van der Waals surface area contributed by atoms with Gasteiger partial charge in [0.25, 0.3) is 5.91 Å². The van der Waals surface area contributed by atoms with E-state index in [1.165, 1.54) is 4.31 Å². The van der Waals surface area contributed by atoms with Crippen LogP contribution in [0.25, 0.3) is 11.5 Å². The molecule has 1 aliphatic rings. The number of hydrogen-bond donors (Lipinski definition) is 1. The van der Waals surface area contributed by atoms with Gasteiger partial charge in [-0.3, -0.25) is 9.89 Å². The lowest BCUT2D eigenvalue weighted by atomic mass is 10.2. The zero-order valence-electron chi connectivity index (χ0n) is 17.2. The molecule has 1 fully saturated rings. The maximum Gasteiger partial charge on any atom is 0.274 e. The van der Waals surface area contributed by atoms with E-state index >= 15 is 0 Å². The number of piperazine rings is 1. The molecule has 0 aliphatic carbocycles. The quantitative estimate of drug-likeness (QED) is 0.689. The fourth-order valence-electron chi connectivity index (χ4n) is 3.55. The predicted molar refractivity (Wildman–Crippen MR) is 112 cm³/mol. The maximum atomic E-state index is 13.1. The van der Waals surface area contributed by atoms with Crippen LogP contribution in [-0.2, 0) is 10.0 Å². The van der Waals surface area contributed by atoms with E-state index in [-0.39, 0.29) is 24.7 Å². The first-order valence-electron chi connectivity index (χ1n) is 9.74. The zero-order chi connectivity index (χ0) is 21.5. The molecule has 8 nitrogen and oxygen atoms in total. The summed E-state index contributed by atoms with van der Waals surface area (Å²) in [6.45, 7) is 6.62. The van der Waals surface area contributed by atoms with Gasteiger partial charge in [0.05, 0.1) is 4.90 Å². The Balaban J connectivity index is 1.45. The first kappa shape index (κ1) is 20.4. The molecule has 0 saturated carbocycles. The Hall–Kier alpha value is -2.91. The topological polar surface area (TPSA) is 99.5 Å². The number of carbonyl (C=O) groups excluding carboxylic acids is 1. The number of sulfonamides is 1. The largest absolute Gasteiger partial charge is 0.460 e. The Bertz CT molecular complexity index is 1190. The van der Waals surface area contributed by atoms with Crippen molar-refractivity contribution in [2.75, 3.05) is 26.2 Å². The minimum absolute atomic E-state index is 0.232. The van der Waals surface area contributed by atoms with Crippen LogP contribution in [0.2, 0.25) is 0 Å². The third-order valence-electron chi connectivity index (χ3n) is 5.29. The summed E-state index contributed by atoms with van der Waals surface area (Å²) in [4.78, 5) is 14.8. The van der Waals surface area contributed by atoms with E-state index in [2.05, 4.69) is 10.2 Å². The molecule has 1 aliphatic heterocycles. The van der Waals surface area contributed by atoms with Gasteiger partial charge in [0.2, 0.25) is 10.0 Å². The van der Waals surface area contributed by atoms with Crippen molar-refractivity contribution in [3.63, 3.8) is 0 Å². The van der Waals surface area contributed by atoms with Gasteiger partial charge in [-0.25, -0.2) is 8.42 Å². The summed E-state index contributed by atoms with van der Waals surface area (Å²) in [6, 6.07) is 10.7. The van der Waals surface area contributed by atoms with Crippen molar-refractivity contribution in [2.24, 2.45) is 0 Å². The standard InChI is InChI=1S/C21H24N4O4S/c1-14-4-5-15(2)20(12-14)30(27,28)25-10-8-24(9-11-25)21(26)18-13-17(22-23-18)19-7-6-16(3)29-19/h4-7,12-13H,8-11H2,1-3H3,(H,22,23). The number of rotatable bonds is 4. The van der Waals surface area contributed by atoms with Crippen LogP contribution in [0.4, 0.5) is 0 Å². The Morgan fingerprint density at radius 3 is 2.43 bits per heavy atom. The Morgan fingerprint density at radius 2 is 1.77 bits per heavy atom. The fourth-order valence-corrected chi connectivity index (χ4v) is 5.29. The second kappa shape index (κ2) is 7.73. The first-order chi connectivity index (χ1) is 14.3. The molecule has 3 aromatic rings. The highest BCUT2D eigenvalue weighted by atomic mass is 32.2. The Kier molecular flexibility index (Phi) is 5.25. The molecule has 1 N–H and O–H groups in total. The summed E-state index contributed by atoms with van der Waals surface area (Å²) in [5.41, 5.74) is 2.53. The molecule has 0 atom stereocenters. The number of aryl methyl sites for hydroxylation is 3. The van der Waals surface area contributed by atoms with Crippen LogP contribution < -0.4 is 0 Å². The Labute approximate surface area is 175 Å². The number of aromatic amines is 1. The molecule has 0 radical (unpaired) electrons. The summed E-state index contributed by atoms with van der Waals surface area (Å²) >= 11 is 0. The molecule has 1 aromatic carbocycles. The van der Waals surface area contributed by atoms with Crippen LogP contribution in [0.3, 0.4) is 0 Å². The number of nitrogens with zero attached hydrogens (tertiary/aromatic N) is 3. The Morgan fingerprint density at radius 1 is 1.03 bits per heavy atom. The molecule has 0 spiro atoms. The molecule has 3 heterocycles. The molecule has 1 saturated heterocycles. The van der Waals surface area contributed by atoms with Gasteiger partial charge < -0.3 is 9.32 Å². The van der Waals surface area contributed by atoms with Crippen LogP contribution in [0.15, 0.2) is 45.7 Å². The minimum Gasteiger partial charge on any atom is -0.460 e. The first-order valence-corrected chi connectivity index (χ1v) is 11.2. The van der Waals surface area contributed by atoms with Gasteiger partial charge in [0.1, 0.15) is 11.5 Å². The van der Waals surface area contributed by atoms with E-state index in [9.17, 15) is 13.2 Å². The van der Waals surface area contributed by atoms with Crippen molar-refractivity contribution >= 4 is 15.9 Å². The third kappa shape index (κ3) is 3.78. The maximum absolute atomic E-state index is 13.1. The lowest BCUT2D eigenvalue weighted by molar-refractivity contribution is 0.0692. The monoisotopic (exact) mass is 428 g/mol. The molecular weight excluding hydrogens is 404 g/mol. The van der Waals surface area contributed by atoms with E-state index in [1.807, 2.05) is 38.1 Å². The van der Waals surface area contributed by atoms with Crippen molar-refractivity contribution in [3.8, 4) is 11.5 Å². The van der Waals surface area contributed by atoms with Crippen LogP contribution >= 0.6 is 0 Å². The molecule has 158 valence electrons. The van der Waals surface area contributed by atoms with Crippen LogP contribution in [0.5, 0.6) is 0 Å². The number of nitrogens with one attached hydrogen (secondary N) is 1. The average molecular weight is 429 g/mol. The number of H-pyrrole nitrogens is 1. The van der Waals surface area contributed by atoms with Crippen molar-refractivity contribution in [3.05, 3.63) is 59.0 Å². The van der Waals surface area contributed by atoms with Gasteiger partial charge in [-0.1, -0.05) is 12.1 Å². The van der Waals surface area contributed by atoms with E-state index < -0.39 is 10.0 Å². The van der Waals surface area contributed by atoms with Gasteiger partial charge in [0, 0.05) is 32.2 Å². The van der Waals surface area contributed by atoms with Crippen molar-refractivity contribution in [1.29, 1.82) is 0 Å². The third-order valence-corrected chi connectivity index (χ3v) is 7.33. The summed E-state index contributed by atoms with van der Waals surface area (Å²) < 4.78 is 33.1. The van der Waals surface area contributed by atoms with E-state index in [4.69, 9.17) is 4.42 Å². The lowest BCUT2D eigenvalue weighted by Gasteiger charge is -2.34. The van der Waals surface area contributed by atoms with Gasteiger partial charge in [-0.05, 0) is 50.1 Å². The summed E-state index contributed by atoms with van der Waals surface area (Å²) in [6.07, 6.45) is 0. The highest BCUT2D eigenvalue weighted by Crippen LogP contribution is 2.24. The molecule has 2 aromatic heterocycles. The number of hydrogen-bond acceptors (Lipinski definition) is 5. The minimum atomic E-state index is -3.60. The number of benzene rings is 1. The number of furan rings is 1. The second-order valence-corrected chi connectivity index (χ2v) is 9.45. The van der Waals surface area contributed by atoms with Crippen molar-refractivity contribution < 1.29 is 17.6 Å². The second-order valence-electron chi connectivity index (χ2n) is 7.54. The van der Waals surface area contributed by atoms with E-state index in [1.54, 1.807) is 24.0 Å². The van der Waals surface area contributed by atoms with Crippen LogP contribution in [0.1, 0.15) is 27.4 Å². The fraction of sp³-hybridized carbons (Fsp3) is 0.333. The van der Waals surface area contributed by atoms with Crippen LogP contribution in [0, 0.1) is 20.8 Å². The van der Waals surface area contributed by atoms with Gasteiger partial charge in [-0.2, -0.15) is 9.40 Å². The van der Waals surface area contributed by atoms with Gasteiger partial charge in [0.15, 0.2) is 11.5 Å². The zero-order valence-corrected chi connectivity index (χ0v) is 18.0.